The van der Waals surface area contributed by atoms with E-state index < -0.39 is 0 Å². The Bertz CT molecular complexity index is 317. The number of hydrogen-bond donors (Lipinski definition) is 0. The molecule has 0 aliphatic carbocycles. The van der Waals surface area contributed by atoms with Crippen LogP contribution in [0.2, 0.25) is 0 Å². The van der Waals surface area contributed by atoms with Crippen LogP contribution in [-0.2, 0) is 11.3 Å². The second kappa shape index (κ2) is 3.73. The van der Waals surface area contributed by atoms with Crippen molar-refractivity contribution < 1.29 is 4.74 Å². The van der Waals surface area contributed by atoms with Crippen molar-refractivity contribution in [2.24, 2.45) is 5.92 Å². The summed E-state index contributed by atoms with van der Waals surface area (Å²) in [5.74, 6) is 0.694. The number of fused-ring (bicyclic) bond motifs is 1. The van der Waals surface area contributed by atoms with Crippen LogP contribution in [0.3, 0.4) is 0 Å². The van der Waals surface area contributed by atoms with Crippen molar-refractivity contribution in [2.45, 2.75) is 39.8 Å². The monoisotopic (exact) mass is 194 g/mol. The zero-order chi connectivity index (χ0) is 10.1. The average molecular weight is 194 g/mol. The summed E-state index contributed by atoms with van der Waals surface area (Å²) in [5.41, 5.74) is 2.32. The highest BCUT2D eigenvalue weighted by Gasteiger charge is 2.22. The van der Waals surface area contributed by atoms with Crippen molar-refractivity contribution in [3.8, 4) is 0 Å². The first-order valence-corrected chi connectivity index (χ1v) is 5.29. The van der Waals surface area contributed by atoms with Gasteiger partial charge in [0, 0.05) is 0 Å². The third kappa shape index (κ3) is 1.82. The Labute approximate surface area is 85.1 Å². The quantitative estimate of drug-likeness (QED) is 0.722. The predicted molar refractivity (Wildman–Crippen MR) is 55.1 cm³/mol. The van der Waals surface area contributed by atoms with Gasteiger partial charge < -0.3 is 4.74 Å². The van der Waals surface area contributed by atoms with Crippen molar-refractivity contribution in [3.05, 3.63) is 17.5 Å². The fourth-order valence-electron chi connectivity index (χ4n) is 2.08. The van der Waals surface area contributed by atoms with Gasteiger partial charge in [-0.05, 0) is 25.3 Å². The zero-order valence-electron chi connectivity index (χ0n) is 9.16. The van der Waals surface area contributed by atoms with Gasteiger partial charge in [0.05, 0.1) is 30.6 Å². The molecule has 0 amide bonds. The number of aromatic nitrogens is 2. The molecule has 1 aromatic rings. The fourth-order valence-corrected chi connectivity index (χ4v) is 2.08. The lowest BCUT2D eigenvalue weighted by molar-refractivity contribution is 0.0446. The molecule has 1 aliphatic heterocycles. The van der Waals surface area contributed by atoms with Crippen LogP contribution in [0.1, 0.15) is 37.7 Å². The number of rotatable bonds is 2. The van der Waals surface area contributed by atoms with E-state index in [-0.39, 0.29) is 0 Å². The van der Waals surface area contributed by atoms with Gasteiger partial charge in [-0.3, -0.25) is 4.68 Å². The van der Waals surface area contributed by atoms with Crippen LogP contribution in [0.4, 0.5) is 0 Å². The lowest BCUT2D eigenvalue weighted by atomic mass is 10.0. The van der Waals surface area contributed by atoms with Gasteiger partial charge in [0.15, 0.2) is 0 Å². The first kappa shape index (κ1) is 9.71. The maximum Gasteiger partial charge on any atom is 0.0886 e. The third-order valence-electron chi connectivity index (χ3n) is 2.58. The van der Waals surface area contributed by atoms with Crippen molar-refractivity contribution in [3.63, 3.8) is 0 Å². The molecule has 0 fully saturated rings. The molecule has 0 saturated heterocycles. The Morgan fingerprint density at radius 3 is 3.14 bits per heavy atom. The molecular weight excluding hydrogens is 176 g/mol. The Morgan fingerprint density at radius 2 is 2.43 bits per heavy atom. The minimum atomic E-state index is 0.437. The fraction of sp³-hybridized carbons (Fsp3) is 0.727. The Morgan fingerprint density at radius 1 is 1.64 bits per heavy atom. The van der Waals surface area contributed by atoms with Gasteiger partial charge >= 0.3 is 0 Å². The summed E-state index contributed by atoms with van der Waals surface area (Å²) in [4.78, 5) is 0. The summed E-state index contributed by atoms with van der Waals surface area (Å²) in [6, 6.07) is 2.55. The van der Waals surface area contributed by atoms with Crippen LogP contribution in [0.5, 0.6) is 0 Å². The topological polar surface area (TPSA) is 27.1 Å². The normalized spacial score (nSPS) is 21.3. The van der Waals surface area contributed by atoms with Crippen LogP contribution in [0.25, 0.3) is 0 Å². The summed E-state index contributed by atoms with van der Waals surface area (Å²) in [7, 11) is 0. The molecule has 1 aliphatic rings. The smallest absolute Gasteiger partial charge is 0.0886 e. The predicted octanol–water partition coefficient (Wildman–Crippen LogP) is 2.31. The summed E-state index contributed by atoms with van der Waals surface area (Å²) in [5, 5.41) is 4.52. The summed E-state index contributed by atoms with van der Waals surface area (Å²) >= 11 is 0. The molecule has 0 bridgehead atoms. The zero-order valence-corrected chi connectivity index (χ0v) is 9.16. The van der Waals surface area contributed by atoms with E-state index in [9.17, 15) is 0 Å². The summed E-state index contributed by atoms with van der Waals surface area (Å²) < 4.78 is 7.71. The molecule has 1 aromatic heterocycles. The highest BCUT2D eigenvalue weighted by molar-refractivity contribution is 5.10. The molecule has 1 unspecified atom stereocenters. The van der Waals surface area contributed by atoms with E-state index in [0.29, 0.717) is 12.0 Å². The van der Waals surface area contributed by atoms with Crippen LogP contribution < -0.4 is 0 Å². The molecule has 2 heterocycles. The number of aryl methyl sites for hydroxylation is 1. The lowest BCUT2D eigenvalue weighted by Crippen LogP contribution is -2.25. The average Bonchev–Trinajstić information content (AvgIpc) is 2.45. The van der Waals surface area contributed by atoms with Crippen LogP contribution in [0, 0.1) is 12.8 Å². The minimum Gasteiger partial charge on any atom is -0.373 e. The highest BCUT2D eigenvalue weighted by atomic mass is 16.5. The SMILES string of the molecule is Cc1cc2n(n1)C(CC(C)C)COC2. The van der Waals surface area contributed by atoms with E-state index in [1.54, 1.807) is 0 Å². The van der Waals surface area contributed by atoms with E-state index >= 15 is 0 Å². The van der Waals surface area contributed by atoms with E-state index in [1.165, 1.54) is 5.69 Å². The van der Waals surface area contributed by atoms with Crippen molar-refractivity contribution >= 4 is 0 Å². The van der Waals surface area contributed by atoms with Gasteiger partial charge in [-0.25, -0.2) is 0 Å². The standard InChI is InChI=1S/C11H18N2O/c1-8(2)4-10-6-14-7-11-5-9(3)12-13(10)11/h5,8,10H,4,6-7H2,1-3H3. The molecule has 0 aromatic carbocycles. The first-order chi connectivity index (χ1) is 6.66. The van der Waals surface area contributed by atoms with E-state index in [2.05, 4.69) is 29.7 Å². The van der Waals surface area contributed by atoms with Gasteiger partial charge in [0.1, 0.15) is 0 Å². The molecular formula is C11H18N2O. The van der Waals surface area contributed by atoms with Crippen LogP contribution in [0.15, 0.2) is 6.07 Å². The summed E-state index contributed by atoms with van der Waals surface area (Å²) in [6.45, 7) is 8.05. The molecule has 3 nitrogen and oxygen atoms in total. The molecule has 0 saturated carbocycles. The molecule has 3 heteroatoms. The Kier molecular flexibility index (Phi) is 2.59. The highest BCUT2D eigenvalue weighted by Crippen LogP contribution is 2.24. The first-order valence-electron chi connectivity index (χ1n) is 5.29. The summed E-state index contributed by atoms with van der Waals surface area (Å²) in [6.07, 6.45) is 1.15. The molecule has 78 valence electrons. The number of hydrogen-bond acceptors (Lipinski definition) is 2. The maximum absolute atomic E-state index is 5.56. The van der Waals surface area contributed by atoms with E-state index in [1.807, 2.05) is 6.92 Å². The van der Waals surface area contributed by atoms with Gasteiger partial charge in [-0.2, -0.15) is 5.10 Å². The van der Waals surface area contributed by atoms with Crippen LogP contribution >= 0.6 is 0 Å². The van der Waals surface area contributed by atoms with Gasteiger partial charge in [0.2, 0.25) is 0 Å². The van der Waals surface area contributed by atoms with Crippen molar-refractivity contribution in [2.75, 3.05) is 6.61 Å². The molecule has 14 heavy (non-hydrogen) atoms. The van der Waals surface area contributed by atoms with Crippen LogP contribution in [-0.4, -0.2) is 16.4 Å². The molecule has 1 atom stereocenters. The second-order valence-electron chi connectivity index (χ2n) is 4.52. The number of nitrogens with zero attached hydrogens (tertiary/aromatic N) is 2. The van der Waals surface area contributed by atoms with Gasteiger partial charge in [-0.15, -0.1) is 0 Å². The molecule has 0 spiro atoms. The lowest BCUT2D eigenvalue weighted by Gasteiger charge is -2.26. The third-order valence-corrected chi connectivity index (χ3v) is 2.58. The maximum atomic E-state index is 5.56. The van der Waals surface area contributed by atoms with Crippen molar-refractivity contribution in [1.82, 2.24) is 9.78 Å². The van der Waals surface area contributed by atoms with Crippen molar-refractivity contribution in [1.29, 1.82) is 0 Å². The molecule has 2 rings (SSSR count). The largest absolute Gasteiger partial charge is 0.373 e. The Balaban J connectivity index is 2.21. The molecule has 0 N–H and O–H groups in total. The molecule has 0 radical (unpaired) electrons. The van der Waals surface area contributed by atoms with Gasteiger partial charge in [-0.1, -0.05) is 13.8 Å². The number of ether oxygens (including phenoxy) is 1. The van der Waals surface area contributed by atoms with E-state index in [0.717, 1.165) is 25.3 Å². The Hall–Kier alpha value is -0.830. The second-order valence-corrected chi connectivity index (χ2v) is 4.52. The van der Waals surface area contributed by atoms with E-state index in [4.69, 9.17) is 4.74 Å². The van der Waals surface area contributed by atoms with Gasteiger partial charge in [0.25, 0.3) is 0 Å². The minimum absolute atomic E-state index is 0.437.